The molecule has 0 fully saturated rings. The van der Waals surface area contributed by atoms with Gasteiger partial charge >= 0.3 is 0 Å². The maximum absolute atomic E-state index is 12.7. The third-order valence-electron chi connectivity index (χ3n) is 4.27. The predicted octanol–water partition coefficient (Wildman–Crippen LogP) is 1.54. The molecule has 1 aliphatic heterocycles. The van der Waals surface area contributed by atoms with Crippen LogP contribution in [-0.4, -0.2) is 51.0 Å². The van der Waals surface area contributed by atoms with Crippen LogP contribution in [0, 0.1) is 0 Å². The van der Waals surface area contributed by atoms with Crippen molar-refractivity contribution in [1.82, 2.24) is 24.4 Å². The molecule has 0 aliphatic carbocycles. The first-order chi connectivity index (χ1) is 11.6. The van der Waals surface area contributed by atoms with Gasteiger partial charge < -0.3 is 14.4 Å². The zero-order valence-corrected chi connectivity index (χ0v) is 14.5. The van der Waals surface area contributed by atoms with Crippen molar-refractivity contribution in [2.45, 2.75) is 19.5 Å². The van der Waals surface area contributed by atoms with Crippen molar-refractivity contribution >= 4 is 34.2 Å². The van der Waals surface area contributed by atoms with E-state index in [4.69, 9.17) is 0 Å². The first kappa shape index (κ1) is 15.1. The summed E-state index contributed by atoms with van der Waals surface area (Å²) in [6, 6.07) is 2.11. The number of anilines is 1. The van der Waals surface area contributed by atoms with E-state index in [2.05, 4.69) is 26.4 Å². The van der Waals surface area contributed by atoms with Crippen LogP contribution >= 0.6 is 11.3 Å². The van der Waals surface area contributed by atoms with Crippen LogP contribution in [0.1, 0.15) is 10.4 Å². The number of hydrogen-bond donors (Lipinski definition) is 0. The number of hydrogen-bond acceptors (Lipinski definition) is 6. The fourth-order valence-electron chi connectivity index (χ4n) is 3.02. The third-order valence-corrected chi connectivity index (χ3v) is 5.29. The maximum Gasteiger partial charge on any atom is 0.242 e. The van der Waals surface area contributed by atoms with Crippen molar-refractivity contribution in [3.8, 4) is 0 Å². The van der Waals surface area contributed by atoms with Crippen molar-refractivity contribution in [2.24, 2.45) is 0 Å². The number of carbonyl (C=O) groups is 1. The highest BCUT2D eigenvalue weighted by atomic mass is 32.1. The van der Waals surface area contributed by atoms with E-state index < -0.39 is 0 Å². The van der Waals surface area contributed by atoms with E-state index in [-0.39, 0.29) is 12.5 Å². The van der Waals surface area contributed by atoms with E-state index in [1.54, 1.807) is 22.2 Å². The van der Waals surface area contributed by atoms with Gasteiger partial charge in [0.2, 0.25) is 5.91 Å². The third kappa shape index (κ3) is 2.52. The number of carbonyl (C=O) groups excluding carboxylic acids is 1. The lowest BCUT2D eigenvalue weighted by Crippen LogP contribution is -2.37. The Labute approximate surface area is 143 Å². The number of rotatable bonds is 3. The summed E-state index contributed by atoms with van der Waals surface area (Å²) in [6.07, 6.45) is 4.12. The molecule has 0 spiro atoms. The minimum absolute atomic E-state index is 0.0937. The first-order valence-electron chi connectivity index (χ1n) is 7.79. The van der Waals surface area contributed by atoms with Crippen LogP contribution in [0.15, 0.2) is 24.1 Å². The molecule has 0 aromatic carbocycles. The molecule has 1 aliphatic rings. The Balaban J connectivity index is 1.57. The summed E-state index contributed by atoms with van der Waals surface area (Å²) < 4.78 is 1.80. The van der Waals surface area contributed by atoms with Gasteiger partial charge in [0.05, 0.1) is 6.33 Å². The van der Waals surface area contributed by atoms with Crippen molar-refractivity contribution in [1.29, 1.82) is 0 Å². The second kappa shape index (κ2) is 5.86. The van der Waals surface area contributed by atoms with Gasteiger partial charge in [-0.3, -0.25) is 4.79 Å². The summed E-state index contributed by atoms with van der Waals surface area (Å²) in [6.45, 7) is 1.72. The van der Waals surface area contributed by atoms with Gasteiger partial charge in [-0.25, -0.2) is 15.0 Å². The normalized spacial score (nSPS) is 14.0. The smallest absolute Gasteiger partial charge is 0.242 e. The summed E-state index contributed by atoms with van der Waals surface area (Å²) in [7, 11) is 3.83. The summed E-state index contributed by atoms with van der Waals surface area (Å²) in [5, 5.41) is 2.10. The van der Waals surface area contributed by atoms with Crippen molar-refractivity contribution < 1.29 is 4.79 Å². The molecule has 0 N–H and O–H groups in total. The van der Waals surface area contributed by atoms with E-state index in [1.165, 1.54) is 16.8 Å². The Morgan fingerprint density at radius 1 is 1.33 bits per heavy atom. The predicted molar refractivity (Wildman–Crippen MR) is 93.1 cm³/mol. The molecule has 24 heavy (non-hydrogen) atoms. The summed E-state index contributed by atoms with van der Waals surface area (Å²) in [4.78, 5) is 30.8. The topological polar surface area (TPSA) is 67.2 Å². The highest BCUT2D eigenvalue weighted by Gasteiger charge is 2.22. The number of thiophene rings is 1. The van der Waals surface area contributed by atoms with Gasteiger partial charge in [-0.2, -0.15) is 0 Å². The molecule has 0 atom stereocenters. The fraction of sp³-hybridized carbons (Fsp3) is 0.375. The molecule has 4 heterocycles. The Morgan fingerprint density at radius 3 is 3.04 bits per heavy atom. The van der Waals surface area contributed by atoms with Crippen LogP contribution in [0.2, 0.25) is 0 Å². The second-order valence-electron chi connectivity index (χ2n) is 6.07. The van der Waals surface area contributed by atoms with Crippen LogP contribution in [0.5, 0.6) is 0 Å². The fourth-order valence-corrected chi connectivity index (χ4v) is 3.91. The zero-order chi connectivity index (χ0) is 16.7. The molecule has 4 rings (SSSR count). The highest BCUT2D eigenvalue weighted by Crippen LogP contribution is 2.24. The lowest BCUT2D eigenvalue weighted by Gasteiger charge is -2.27. The molecule has 1 amide bonds. The molecule has 124 valence electrons. The average Bonchev–Trinajstić information content (AvgIpc) is 3.20. The molecule has 3 aromatic heterocycles. The second-order valence-corrected chi connectivity index (χ2v) is 7.07. The number of aromatic nitrogens is 4. The molecule has 7 nitrogen and oxygen atoms in total. The van der Waals surface area contributed by atoms with Gasteiger partial charge in [-0.05, 0) is 23.4 Å². The number of nitrogens with zero attached hydrogens (tertiary/aromatic N) is 6. The number of amides is 1. The van der Waals surface area contributed by atoms with Gasteiger partial charge in [-0.1, -0.05) is 0 Å². The quantitative estimate of drug-likeness (QED) is 0.722. The molecule has 8 heteroatoms. The molecular formula is C16H18N6OS. The standard InChI is InChI=1S/C16H18N6OS/c1-20(2)15-14-16(18-9-17-15)22(10-19-14)8-13(23)21-5-3-12-11(7-21)4-6-24-12/h4,6,9-10H,3,5,7-8H2,1-2H3. The van der Waals surface area contributed by atoms with Gasteiger partial charge in [0.15, 0.2) is 17.0 Å². The first-order valence-corrected chi connectivity index (χ1v) is 8.67. The summed E-state index contributed by atoms with van der Waals surface area (Å²) in [5.41, 5.74) is 2.68. The van der Waals surface area contributed by atoms with E-state index in [9.17, 15) is 4.79 Å². The lowest BCUT2D eigenvalue weighted by molar-refractivity contribution is -0.132. The molecular weight excluding hydrogens is 324 g/mol. The van der Waals surface area contributed by atoms with E-state index in [1.807, 2.05) is 23.9 Å². The molecule has 0 unspecified atom stereocenters. The lowest BCUT2D eigenvalue weighted by atomic mass is 10.1. The minimum Gasteiger partial charge on any atom is -0.361 e. The molecule has 0 saturated heterocycles. The van der Waals surface area contributed by atoms with Crippen LogP contribution in [0.4, 0.5) is 5.82 Å². The van der Waals surface area contributed by atoms with Crippen molar-refractivity contribution in [3.05, 3.63) is 34.5 Å². The number of fused-ring (bicyclic) bond motifs is 2. The minimum atomic E-state index is 0.0937. The van der Waals surface area contributed by atoms with Gasteiger partial charge in [0, 0.05) is 32.1 Å². The number of imidazole rings is 1. The van der Waals surface area contributed by atoms with Crippen LogP contribution < -0.4 is 4.90 Å². The van der Waals surface area contributed by atoms with Crippen LogP contribution in [0.3, 0.4) is 0 Å². The largest absolute Gasteiger partial charge is 0.361 e. The Hall–Kier alpha value is -2.48. The summed E-state index contributed by atoms with van der Waals surface area (Å²) in [5.74, 6) is 0.850. The zero-order valence-electron chi connectivity index (χ0n) is 13.6. The van der Waals surface area contributed by atoms with E-state index in [0.29, 0.717) is 17.7 Å². The average molecular weight is 342 g/mol. The Kier molecular flexibility index (Phi) is 3.68. The van der Waals surface area contributed by atoms with Crippen LogP contribution in [0.25, 0.3) is 11.2 Å². The SMILES string of the molecule is CN(C)c1ncnc2c1ncn2CC(=O)N1CCc2sccc2C1. The van der Waals surface area contributed by atoms with Crippen molar-refractivity contribution in [3.63, 3.8) is 0 Å². The van der Waals surface area contributed by atoms with Gasteiger partial charge in [0.1, 0.15) is 12.9 Å². The van der Waals surface area contributed by atoms with Crippen molar-refractivity contribution in [2.75, 3.05) is 25.5 Å². The molecule has 0 radical (unpaired) electrons. The van der Waals surface area contributed by atoms with Gasteiger partial charge in [0.25, 0.3) is 0 Å². The summed E-state index contributed by atoms with van der Waals surface area (Å²) >= 11 is 1.78. The monoisotopic (exact) mass is 342 g/mol. The molecule has 0 saturated carbocycles. The Morgan fingerprint density at radius 2 is 2.21 bits per heavy atom. The van der Waals surface area contributed by atoms with Gasteiger partial charge in [-0.15, -0.1) is 11.3 Å². The van der Waals surface area contributed by atoms with E-state index >= 15 is 0 Å². The van der Waals surface area contributed by atoms with Crippen LogP contribution in [-0.2, 0) is 24.3 Å². The molecule has 0 bridgehead atoms. The maximum atomic E-state index is 12.7. The molecule has 3 aromatic rings. The van der Waals surface area contributed by atoms with E-state index in [0.717, 1.165) is 18.8 Å². The Bertz CT molecular complexity index is 899. The highest BCUT2D eigenvalue weighted by molar-refractivity contribution is 7.10.